The molecule has 2 aromatic carbocycles. The van der Waals surface area contributed by atoms with Gasteiger partial charge in [0.15, 0.2) is 17.3 Å². The van der Waals surface area contributed by atoms with Crippen LogP contribution in [-0.2, 0) is 4.79 Å². The molecule has 2 aromatic rings. The lowest BCUT2D eigenvalue weighted by Gasteiger charge is -2.30. The molecule has 7 heteroatoms. The quantitative estimate of drug-likeness (QED) is 0.252. The number of likely N-dealkylation sites (tertiary alicyclic amines) is 1. The number of nitrogens with zero attached hydrogens (tertiary/aromatic N) is 1. The molecule has 1 N–H and O–H groups in total. The largest absolute Gasteiger partial charge is 0.497 e. The summed E-state index contributed by atoms with van der Waals surface area (Å²) in [6, 6.07) is 13.2. The number of aliphatic hydroxyl groups excluding tert-OH is 1. The molecule has 1 saturated heterocycles. The number of hydrogen-bond donors (Lipinski definition) is 1. The topological polar surface area (TPSA) is 85.3 Å². The Kier molecular flexibility index (Phi) is 10.2. The molecule has 0 radical (unpaired) electrons. The van der Waals surface area contributed by atoms with Crippen LogP contribution >= 0.6 is 0 Å². The Bertz CT molecular complexity index is 1080. The summed E-state index contributed by atoms with van der Waals surface area (Å²) < 4.78 is 16.5. The van der Waals surface area contributed by atoms with Crippen LogP contribution in [0.5, 0.6) is 17.2 Å². The minimum absolute atomic E-state index is 0. The Morgan fingerprint density at radius 2 is 1.79 bits per heavy atom. The predicted octanol–water partition coefficient (Wildman–Crippen LogP) is 5.64. The number of unbranched alkanes of at least 4 members (excludes halogenated alkanes) is 2. The molecule has 0 spiro atoms. The number of carbonyl (C=O) groups is 2. The molecule has 0 aromatic heterocycles. The highest BCUT2D eigenvalue weighted by atomic mass is 16.6. The Hall–Kier alpha value is -2.90. The van der Waals surface area contributed by atoms with E-state index in [4.69, 9.17) is 14.2 Å². The van der Waals surface area contributed by atoms with E-state index in [0.29, 0.717) is 62.1 Å². The van der Waals surface area contributed by atoms with Crippen molar-refractivity contribution in [2.75, 3.05) is 33.4 Å². The first-order valence-electron chi connectivity index (χ1n) is 13.9. The summed E-state index contributed by atoms with van der Waals surface area (Å²) in [7, 11) is 1.60. The Morgan fingerprint density at radius 3 is 2.50 bits per heavy atom. The highest BCUT2D eigenvalue weighted by molar-refractivity contribution is 5.96. The van der Waals surface area contributed by atoms with Crippen molar-refractivity contribution in [3.05, 3.63) is 53.6 Å². The van der Waals surface area contributed by atoms with Gasteiger partial charge >= 0.3 is 0 Å². The van der Waals surface area contributed by atoms with Gasteiger partial charge in [-0.2, -0.15) is 0 Å². The van der Waals surface area contributed by atoms with E-state index in [2.05, 4.69) is 11.8 Å². The summed E-state index contributed by atoms with van der Waals surface area (Å²) in [5.74, 6) is 2.16. The van der Waals surface area contributed by atoms with Gasteiger partial charge in [0.2, 0.25) is 0 Å². The molecule has 0 amide bonds. The molecule has 38 heavy (non-hydrogen) atoms. The van der Waals surface area contributed by atoms with Crippen molar-refractivity contribution >= 4 is 11.6 Å². The molecule has 2 aliphatic rings. The average molecular weight is 526 g/mol. The standard InChI is InChI=1S/C31H41NO6.H2/c1-22-7-6-16-32(22)21-25(31(35)24-12-15-29-30(20-24)38-18-17-37-29)19-26(33)8-4-3-5-9-28(34)23-10-13-27(36-2)14-11-23;/h10-15,20,22,25,31,35H,3-9,16-19,21H2,1-2H3;1H/t22-,25-,31+;/m1./s1. The van der Waals surface area contributed by atoms with Crippen molar-refractivity contribution < 1.29 is 30.3 Å². The third-order valence-corrected chi connectivity index (χ3v) is 7.78. The van der Waals surface area contributed by atoms with Crippen LogP contribution in [0, 0.1) is 5.92 Å². The van der Waals surface area contributed by atoms with Crippen LogP contribution in [0.4, 0.5) is 0 Å². The highest BCUT2D eigenvalue weighted by Crippen LogP contribution is 2.36. The number of carbonyl (C=O) groups excluding carboxylic acids is 2. The first-order valence-corrected chi connectivity index (χ1v) is 13.9. The van der Waals surface area contributed by atoms with Gasteiger partial charge in [0.1, 0.15) is 24.7 Å². The molecule has 0 aliphatic carbocycles. The van der Waals surface area contributed by atoms with Crippen molar-refractivity contribution in [3.63, 3.8) is 0 Å². The van der Waals surface area contributed by atoms with E-state index in [1.807, 2.05) is 18.2 Å². The van der Waals surface area contributed by atoms with Gasteiger partial charge in [-0.1, -0.05) is 12.5 Å². The third kappa shape index (κ3) is 7.58. The van der Waals surface area contributed by atoms with E-state index in [9.17, 15) is 14.7 Å². The fourth-order valence-corrected chi connectivity index (χ4v) is 5.46. The van der Waals surface area contributed by atoms with E-state index in [1.165, 1.54) is 0 Å². The van der Waals surface area contributed by atoms with Gasteiger partial charge in [0, 0.05) is 44.8 Å². The third-order valence-electron chi connectivity index (χ3n) is 7.78. The van der Waals surface area contributed by atoms with Crippen molar-refractivity contribution in [2.45, 2.75) is 70.4 Å². The number of hydrogen-bond acceptors (Lipinski definition) is 7. The van der Waals surface area contributed by atoms with Crippen LogP contribution in [0.15, 0.2) is 42.5 Å². The fraction of sp³-hybridized carbons (Fsp3) is 0.548. The van der Waals surface area contributed by atoms with Crippen LogP contribution in [-0.4, -0.2) is 61.0 Å². The van der Waals surface area contributed by atoms with Crippen molar-refractivity contribution in [1.29, 1.82) is 0 Å². The van der Waals surface area contributed by atoms with Gasteiger partial charge in [-0.15, -0.1) is 0 Å². The molecule has 0 unspecified atom stereocenters. The van der Waals surface area contributed by atoms with Crippen LogP contribution in [0.3, 0.4) is 0 Å². The maximum Gasteiger partial charge on any atom is 0.162 e. The minimum atomic E-state index is -0.760. The second kappa shape index (κ2) is 13.8. The van der Waals surface area contributed by atoms with Crippen LogP contribution in [0.1, 0.15) is 81.7 Å². The van der Waals surface area contributed by atoms with E-state index in [0.717, 1.165) is 50.0 Å². The van der Waals surface area contributed by atoms with E-state index in [-0.39, 0.29) is 18.9 Å². The molecule has 3 atom stereocenters. The Balaban J connectivity index is 0.00000420. The SMILES string of the molecule is COc1ccc(C(=O)CCCCCC(=O)C[C@H](CN2CCC[C@H]2C)[C@@H](O)c2ccc3c(c2)OCCO3)cc1.[HH]. The van der Waals surface area contributed by atoms with Crippen LogP contribution < -0.4 is 14.2 Å². The van der Waals surface area contributed by atoms with E-state index >= 15 is 0 Å². The highest BCUT2D eigenvalue weighted by Gasteiger charge is 2.30. The number of Topliss-reactive ketones (excluding diaryl/α,β-unsaturated/α-hetero) is 2. The number of fused-ring (bicyclic) bond motifs is 1. The van der Waals surface area contributed by atoms with Gasteiger partial charge < -0.3 is 24.2 Å². The van der Waals surface area contributed by atoms with Gasteiger partial charge in [0.25, 0.3) is 0 Å². The predicted molar refractivity (Wildman–Crippen MR) is 148 cm³/mol. The van der Waals surface area contributed by atoms with Crippen molar-refractivity contribution in [2.24, 2.45) is 5.92 Å². The number of ketones is 2. The van der Waals surface area contributed by atoms with Gasteiger partial charge in [0.05, 0.1) is 13.2 Å². The zero-order chi connectivity index (χ0) is 26.9. The van der Waals surface area contributed by atoms with Crippen molar-refractivity contribution in [3.8, 4) is 17.2 Å². The smallest absolute Gasteiger partial charge is 0.162 e. The number of aliphatic hydroxyl groups is 1. The summed E-state index contributed by atoms with van der Waals surface area (Å²) in [4.78, 5) is 27.8. The molecule has 2 aliphatic heterocycles. The number of benzene rings is 2. The lowest BCUT2D eigenvalue weighted by Crippen LogP contribution is -2.35. The zero-order valence-corrected chi connectivity index (χ0v) is 22.7. The lowest BCUT2D eigenvalue weighted by molar-refractivity contribution is -0.121. The summed E-state index contributed by atoms with van der Waals surface area (Å²) >= 11 is 0. The fourth-order valence-electron chi connectivity index (χ4n) is 5.46. The monoisotopic (exact) mass is 525 g/mol. The second-order valence-corrected chi connectivity index (χ2v) is 10.5. The molecular formula is C31H43NO6. The maximum absolute atomic E-state index is 13.0. The van der Waals surface area contributed by atoms with Gasteiger partial charge in [-0.25, -0.2) is 0 Å². The summed E-state index contributed by atoms with van der Waals surface area (Å²) in [6.45, 7) is 4.93. The summed E-state index contributed by atoms with van der Waals surface area (Å²) in [5.41, 5.74) is 1.45. The van der Waals surface area contributed by atoms with Crippen LogP contribution in [0.25, 0.3) is 0 Å². The van der Waals surface area contributed by atoms with E-state index in [1.54, 1.807) is 31.4 Å². The molecule has 7 nitrogen and oxygen atoms in total. The number of rotatable bonds is 14. The lowest BCUT2D eigenvalue weighted by atomic mass is 9.89. The molecule has 2 heterocycles. The van der Waals surface area contributed by atoms with Crippen LogP contribution in [0.2, 0.25) is 0 Å². The Morgan fingerprint density at radius 1 is 1.05 bits per heavy atom. The van der Waals surface area contributed by atoms with Gasteiger partial charge in [-0.3, -0.25) is 9.59 Å². The maximum atomic E-state index is 13.0. The number of ether oxygens (including phenoxy) is 3. The van der Waals surface area contributed by atoms with Gasteiger partial charge in [-0.05, 0) is 81.1 Å². The molecular weight excluding hydrogens is 482 g/mol. The second-order valence-electron chi connectivity index (χ2n) is 10.5. The molecule has 1 fully saturated rings. The molecule has 0 saturated carbocycles. The summed E-state index contributed by atoms with van der Waals surface area (Å²) in [5, 5.41) is 11.4. The first kappa shape index (κ1) is 28.1. The molecule has 4 rings (SSSR count). The average Bonchev–Trinajstić information content (AvgIpc) is 3.35. The van der Waals surface area contributed by atoms with Crippen molar-refractivity contribution in [1.82, 2.24) is 4.90 Å². The molecule has 0 bridgehead atoms. The minimum Gasteiger partial charge on any atom is -0.497 e. The summed E-state index contributed by atoms with van der Waals surface area (Å²) in [6.07, 6.45) is 5.15. The Labute approximate surface area is 227 Å². The molecule has 208 valence electrons. The number of methoxy groups -OCH3 is 1. The zero-order valence-electron chi connectivity index (χ0n) is 22.7. The van der Waals surface area contributed by atoms with E-state index < -0.39 is 6.10 Å². The normalized spacial score (nSPS) is 18.7. The first-order chi connectivity index (χ1) is 18.4.